The molecule has 50 heavy (non-hydrogen) atoms. The second-order valence-corrected chi connectivity index (χ2v) is 15.3. The van der Waals surface area contributed by atoms with Crippen LogP contribution in [-0.4, -0.2) is 81.5 Å². The Labute approximate surface area is 289 Å². The third kappa shape index (κ3) is 10.5. The average Bonchev–Trinajstić information content (AvgIpc) is 3.60. The van der Waals surface area contributed by atoms with Crippen LogP contribution in [-0.2, 0) is 51.1 Å². The van der Waals surface area contributed by atoms with Crippen molar-refractivity contribution in [2.24, 2.45) is 0 Å². The van der Waals surface area contributed by atoms with Crippen molar-refractivity contribution in [1.82, 2.24) is 24.1 Å². The number of rotatable bonds is 11. The summed E-state index contributed by atoms with van der Waals surface area (Å²) in [5, 5.41) is 7.98. The Kier molecular flexibility index (Phi) is 11.6. The van der Waals surface area contributed by atoms with E-state index < -0.39 is 63.3 Å². The molecule has 1 aromatic carbocycles. The first-order valence-corrected chi connectivity index (χ1v) is 17.2. The molecule has 0 amide bonds. The van der Waals surface area contributed by atoms with Gasteiger partial charge in [0.15, 0.2) is 0 Å². The summed E-state index contributed by atoms with van der Waals surface area (Å²) >= 11 is 0. The van der Waals surface area contributed by atoms with E-state index in [0.717, 1.165) is 10.1 Å². The molecule has 1 saturated heterocycles. The van der Waals surface area contributed by atoms with E-state index in [1.807, 2.05) is 6.92 Å². The van der Waals surface area contributed by atoms with Crippen molar-refractivity contribution in [3.63, 3.8) is 0 Å². The van der Waals surface area contributed by atoms with Crippen LogP contribution in [0.1, 0.15) is 71.0 Å². The van der Waals surface area contributed by atoms with E-state index in [9.17, 15) is 27.6 Å². The van der Waals surface area contributed by atoms with Gasteiger partial charge in [-0.2, -0.15) is 8.42 Å². The van der Waals surface area contributed by atoms with Crippen molar-refractivity contribution in [3.05, 3.63) is 74.3 Å². The van der Waals surface area contributed by atoms with Crippen molar-refractivity contribution >= 4 is 22.4 Å². The van der Waals surface area contributed by atoms with Crippen LogP contribution in [0.15, 0.2) is 51.1 Å². The van der Waals surface area contributed by atoms with Gasteiger partial charge in [-0.15, -0.1) is 5.10 Å². The minimum absolute atomic E-state index is 0.0206. The lowest BCUT2D eigenvalue weighted by molar-refractivity contribution is -0.0824. The largest absolute Gasteiger partial charge is 0.509 e. The molecule has 0 spiro atoms. The molecule has 0 N–H and O–H groups in total. The standard InChI is InChI=1S/C32H43N5O12S/c1-20-9-11-23(12-10-20)50(42,43)45-14-13-35-17-22(33-34-35)18-37-27(38)21(2)16-36(28(37)39)26-15-24(47-30(41)49-32(6,7)8)25(46-26)19-44-29(40)48-31(3,4)5/h9-12,16-17,24-26H,13-15,18-19H2,1-8H3/t24-,25+,26+/m0/s1. The van der Waals surface area contributed by atoms with Crippen molar-refractivity contribution in [3.8, 4) is 0 Å². The number of hydrogen-bond acceptors (Lipinski definition) is 14. The molecule has 0 radical (unpaired) electrons. The number of aromatic nitrogens is 5. The summed E-state index contributed by atoms with van der Waals surface area (Å²) in [6.45, 7) is 12.5. The molecule has 1 fully saturated rings. The van der Waals surface area contributed by atoms with E-state index in [0.29, 0.717) is 0 Å². The van der Waals surface area contributed by atoms with Gasteiger partial charge in [-0.3, -0.25) is 18.1 Å². The quantitative estimate of drug-likeness (QED) is 0.207. The predicted octanol–water partition coefficient (Wildman–Crippen LogP) is 3.23. The maximum absolute atomic E-state index is 13.7. The van der Waals surface area contributed by atoms with Gasteiger partial charge < -0.3 is 23.7 Å². The van der Waals surface area contributed by atoms with Crippen LogP contribution in [0.25, 0.3) is 0 Å². The molecule has 0 aliphatic carbocycles. The second-order valence-electron chi connectivity index (χ2n) is 13.7. The van der Waals surface area contributed by atoms with Gasteiger partial charge in [-0.25, -0.2) is 19.1 Å². The number of ether oxygens (including phenoxy) is 5. The van der Waals surface area contributed by atoms with Crippen LogP contribution in [0.3, 0.4) is 0 Å². The minimum Gasteiger partial charge on any atom is -0.431 e. The molecule has 18 heteroatoms. The van der Waals surface area contributed by atoms with Crippen LogP contribution < -0.4 is 11.2 Å². The Hall–Kier alpha value is -4.55. The molecule has 274 valence electrons. The van der Waals surface area contributed by atoms with Gasteiger partial charge in [-0.1, -0.05) is 22.9 Å². The lowest BCUT2D eigenvalue weighted by atomic mass is 10.2. The monoisotopic (exact) mass is 721 g/mol. The van der Waals surface area contributed by atoms with Crippen LogP contribution in [0.2, 0.25) is 0 Å². The number of aryl methyl sites for hydroxylation is 2. The summed E-state index contributed by atoms with van der Waals surface area (Å²) in [5.74, 6) is 0. The zero-order chi connectivity index (χ0) is 37.0. The summed E-state index contributed by atoms with van der Waals surface area (Å²) in [4.78, 5) is 51.6. The normalized spacial score (nSPS) is 18.1. The van der Waals surface area contributed by atoms with E-state index >= 15 is 0 Å². The summed E-state index contributed by atoms with van der Waals surface area (Å²) in [6.07, 6.45) is -2.24. The third-order valence-electron chi connectivity index (χ3n) is 7.02. The van der Waals surface area contributed by atoms with E-state index in [1.54, 1.807) is 53.7 Å². The highest BCUT2D eigenvalue weighted by Gasteiger charge is 2.41. The summed E-state index contributed by atoms with van der Waals surface area (Å²) in [5.41, 5.74) is -1.66. The van der Waals surface area contributed by atoms with Gasteiger partial charge in [0.05, 0.1) is 30.8 Å². The molecule has 2 aromatic heterocycles. The first-order chi connectivity index (χ1) is 23.2. The molecule has 3 heterocycles. The summed E-state index contributed by atoms with van der Waals surface area (Å²) in [7, 11) is -3.98. The Morgan fingerprint density at radius 3 is 2.24 bits per heavy atom. The van der Waals surface area contributed by atoms with Gasteiger partial charge in [-0.05, 0) is 67.5 Å². The number of carbonyl (C=O) groups is 2. The average molecular weight is 722 g/mol. The fourth-order valence-electron chi connectivity index (χ4n) is 4.77. The molecule has 0 bridgehead atoms. The lowest BCUT2D eigenvalue weighted by Gasteiger charge is -2.23. The minimum atomic E-state index is -3.98. The van der Waals surface area contributed by atoms with E-state index in [-0.39, 0.29) is 48.9 Å². The Bertz CT molecular complexity index is 1900. The van der Waals surface area contributed by atoms with Crippen LogP contribution >= 0.6 is 0 Å². The Morgan fingerprint density at radius 2 is 1.60 bits per heavy atom. The zero-order valence-corrected chi connectivity index (χ0v) is 30.1. The predicted molar refractivity (Wildman–Crippen MR) is 175 cm³/mol. The molecule has 1 aliphatic rings. The number of nitrogens with zero attached hydrogens (tertiary/aromatic N) is 5. The summed E-state index contributed by atoms with van der Waals surface area (Å²) < 4.78 is 60.8. The van der Waals surface area contributed by atoms with E-state index in [4.69, 9.17) is 27.9 Å². The van der Waals surface area contributed by atoms with E-state index in [1.165, 1.54) is 40.7 Å². The molecule has 0 unspecified atom stereocenters. The van der Waals surface area contributed by atoms with Gasteiger partial charge in [0.25, 0.3) is 15.7 Å². The first kappa shape index (κ1) is 38.3. The summed E-state index contributed by atoms with van der Waals surface area (Å²) in [6, 6.07) is 6.23. The topological polar surface area (TPSA) is 198 Å². The lowest BCUT2D eigenvalue weighted by Crippen LogP contribution is -2.42. The first-order valence-electron chi connectivity index (χ1n) is 15.8. The molecule has 3 aromatic rings. The SMILES string of the molecule is Cc1ccc(S(=O)(=O)OCCn2cc(Cn3c(=O)c(C)cn([C@H]4C[C@H](OC(=O)OC(C)(C)C)[C@@H](COC(=O)OC(C)(C)C)O4)c3=O)nn2)cc1. The van der Waals surface area contributed by atoms with Gasteiger partial charge in [0, 0.05) is 18.2 Å². The van der Waals surface area contributed by atoms with Gasteiger partial charge in [0.1, 0.15) is 41.9 Å². The maximum atomic E-state index is 13.7. The molecular formula is C32H43N5O12S. The zero-order valence-electron chi connectivity index (χ0n) is 29.3. The molecular weight excluding hydrogens is 678 g/mol. The highest BCUT2D eigenvalue weighted by atomic mass is 32.2. The van der Waals surface area contributed by atoms with Gasteiger partial charge >= 0.3 is 18.0 Å². The second kappa shape index (κ2) is 15.1. The highest BCUT2D eigenvalue weighted by Crippen LogP contribution is 2.31. The fourth-order valence-corrected chi connectivity index (χ4v) is 5.67. The maximum Gasteiger partial charge on any atom is 0.509 e. The fraction of sp³-hybridized carbons (Fsp3) is 0.562. The number of hydrogen-bond donors (Lipinski definition) is 0. The van der Waals surface area contributed by atoms with E-state index in [2.05, 4.69) is 10.3 Å². The van der Waals surface area contributed by atoms with Crippen LogP contribution in [0, 0.1) is 13.8 Å². The van der Waals surface area contributed by atoms with Crippen molar-refractivity contribution < 1.29 is 45.9 Å². The van der Waals surface area contributed by atoms with Crippen molar-refractivity contribution in [2.45, 2.75) is 109 Å². The van der Waals surface area contributed by atoms with Crippen molar-refractivity contribution in [1.29, 1.82) is 0 Å². The smallest absolute Gasteiger partial charge is 0.431 e. The Balaban J connectivity index is 1.48. The van der Waals surface area contributed by atoms with Crippen LogP contribution in [0.4, 0.5) is 9.59 Å². The van der Waals surface area contributed by atoms with Crippen molar-refractivity contribution in [2.75, 3.05) is 13.2 Å². The molecule has 0 saturated carbocycles. The molecule has 17 nitrogen and oxygen atoms in total. The highest BCUT2D eigenvalue weighted by molar-refractivity contribution is 7.86. The molecule has 3 atom stereocenters. The third-order valence-corrected chi connectivity index (χ3v) is 8.35. The number of benzene rings is 1. The molecule has 1 aliphatic heterocycles. The molecule has 4 rings (SSSR count). The Morgan fingerprint density at radius 1 is 0.960 bits per heavy atom. The number of carbonyl (C=O) groups excluding carboxylic acids is 2. The van der Waals surface area contributed by atoms with Crippen LogP contribution in [0.5, 0.6) is 0 Å². The van der Waals surface area contributed by atoms with Gasteiger partial charge in [0.2, 0.25) is 0 Å².